The lowest BCUT2D eigenvalue weighted by Gasteiger charge is -2.09. The zero-order valence-electron chi connectivity index (χ0n) is 21.1. The van der Waals surface area contributed by atoms with Crippen molar-refractivity contribution in [3.05, 3.63) is 47.5 Å². The number of ether oxygens (including phenoxy) is 2. The summed E-state index contributed by atoms with van der Waals surface area (Å²) in [6.07, 6.45) is 22.1. The highest BCUT2D eigenvalue weighted by Crippen LogP contribution is 2.14. The van der Waals surface area contributed by atoms with Gasteiger partial charge in [0.1, 0.15) is 6.61 Å². The van der Waals surface area contributed by atoms with Crippen molar-refractivity contribution in [3.8, 4) is 0 Å². The summed E-state index contributed by atoms with van der Waals surface area (Å²) in [5.41, 5.74) is 0.542. The van der Waals surface area contributed by atoms with Gasteiger partial charge in [0.25, 0.3) is 0 Å². The normalized spacial score (nSPS) is 11.1. The van der Waals surface area contributed by atoms with Crippen molar-refractivity contribution in [3.63, 3.8) is 0 Å². The summed E-state index contributed by atoms with van der Waals surface area (Å²) in [6, 6.07) is 6.72. The van der Waals surface area contributed by atoms with E-state index in [4.69, 9.17) is 9.47 Å². The summed E-state index contributed by atoms with van der Waals surface area (Å²) < 4.78 is 10.8. The van der Waals surface area contributed by atoms with Gasteiger partial charge < -0.3 is 9.47 Å². The van der Waals surface area contributed by atoms with Gasteiger partial charge in [-0.05, 0) is 31.4 Å². The third-order valence-electron chi connectivity index (χ3n) is 5.80. The summed E-state index contributed by atoms with van der Waals surface area (Å²) in [5, 5.41) is 0. The second-order valence-electron chi connectivity index (χ2n) is 8.78. The van der Waals surface area contributed by atoms with E-state index < -0.39 is 11.9 Å². The van der Waals surface area contributed by atoms with Crippen molar-refractivity contribution in [2.24, 2.45) is 0 Å². The molecule has 0 fully saturated rings. The number of unbranched alkanes of at least 4 members (excludes halogenated alkanes) is 13. The third kappa shape index (κ3) is 14.6. The molecule has 0 aliphatic rings. The number of carbonyl (C=O) groups excluding carboxylic acids is 2. The predicted octanol–water partition coefficient (Wildman–Crippen LogP) is 8.45. The van der Waals surface area contributed by atoms with Gasteiger partial charge >= 0.3 is 11.9 Å². The molecule has 0 heterocycles. The molecule has 0 amide bonds. The lowest BCUT2D eigenvalue weighted by Crippen LogP contribution is -2.14. The van der Waals surface area contributed by atoms with Crippen molar-refractivity contribution >= 4 is 11.9 Å². The van der Waals surface area contributed by atoms with Gasteiger partial charge in [-0.15, -0.1) is 0 Å². The fourth-order valence-electron chi connectivity index (χ4n) is 3.75. The first kappa shape index (κ1) is 28.9. The second-order valence-corrected chi connectivity index (χ2v) is 8.78. The molecule has 1 aromatic rings. The maximum Gasteiger partial charge on any atom is 0.339 e. The molecule has 33 heavy (non-hydrogen) atoms. The van der Waals surface area contributed by atoms with Gasteiger partial charge in [-0.2, -0.15) is 0 Å². The van der Waals surface area contributed by atoms with Gasteiger partial charge in [-0.3, -0.25) is 0 Å². The molecule has 0 unspecified atom stereocenters. The third-order valence-corrected chi connectivity index (χ3v) is 5.80. The van der Waals surface area contributed by atoms with Crippen LogP contribution in [0.4, 0.5) is 0 Å². The first-order valence-corrected chi connectivity index (χ1v) is 13.3. The fraction of sp³-hybridized carbons (Fsp3) is 0.655. The molecule has 0 aliphatic heterocycles. The van der Waals surface area contributed by atoms with Crippen LogP contribution in [0.5, 0.6) is 0 Å². The molecule has 0 saturated carbocycles. The predicted molar refractivity (Wildman–Crippen MR) is 137 cm³/mol. The summed E-state index contributed by atoms with van der Waals surface area (Å²) in [7, 11) is 0. The van der Waals surface area contributed by atoms with Crippen molar-refractivity contribution in [2.75, 3.05) is 13.2 Å². The van der Waals surface area contributed by atoms with Crippen LogP contribution in [0.25, 0.3) is 0 Å². The molecule has 1 aromatic carbocycles. The van der Waals surface area contributed by atoms with Crippen LogP contribution in [-0.2, 0) is 9.47 Å². The Bertz CT molecular complexity index is 665. The fourth-order valence-corrected chi connectivity index (χ4v) is 3.75. The van der Waals surface area contributed by atoms with Crippen molar-refractivity contribution in [2.45, 2.75) is 110 Å². The van der Waals surface area contributed by atoms with Crippen LogP contribution in [0.3, 0.4) is 0 Å². The Morgan fingerprint density at radius 3 is 1.70 bits per heavy atom. The summed E-state index contributed by atoms with van der Waals surface area (Å²) in [5.74, 6) is -0.942. The molecule has 0 bridgehead atoms. The first-order chi connectivity index (χ1) is 16.2. The Morgan fingerprint density at radius 1 is 0.636 bits per heavy atom. The standard InChI is InChI=1S/C29H46O4/c1-3-5-7-9-11-13-15-17-21-25-33-29(31)27-23-19-18-22-26(27)28(30)32-24-20-16-14-12-10-8-6-4-2/h17-19,21-23H,3-16,20,24-25H2,1-2H3/b21-17+. The van der Waals surface area contributed by atoms with E-state index >= 15 is 0 Å². The minimum absolute atomic E-state index is 0.219. The molecular formula is C29H46O4. The number of benzene rings is 1. The molecule has 0 saturated heterocycles. The molecule has 0 aliphatic carbocycles. The van der Waals surface area contributed by atoms with Crippen LogP contribution in [0.2, 0.25) is 0 Å². The van der Waals surface area contributed by atoms with E-state index in [0.717, 1.165) is 19.3 Å². The zero-order chi connectivity index (χ0) is 24.0. The highest BCUT2D eigenvalue weighted by molar-refractivity contribution is 6.03. The lowest BCUT2D eigenvalue weighted by molar-refractivity contribution is 0.0470. The van der Waals surface area contributed by atoms with E-state index in [1.165, 1.54) is 77.0 Å². The maximum atomic E-state index is 12.5. The van der Waals surface area contributed by atoms with E-state index in [1.54, 1.807) is 24.3 Å². The molecule has 1 rings (SSSR count). The molecule has 0 N–H and O–H groups in total. The van der Waals surface area contributed by atoms with Gasteiger partial charge in [-0.1, -0.05) is 115 Å². The van der Waals surface area contributed by atoms with Crippen LogP contribution < -0.4 is 0 Å². The Labute approximate surface area is 202 Å². The molecule has 0 atom stereocenters. The number of rotatable bonds is 20. The Kier molecular flexibility index (Phi) is 18.0. The Hall–Kier alpha value is -2.10. The van der Waals surface area contributed by atoms with Crippen LogP contribution in [0.15, 0.2) is 36.4 Å². The number of esters is 2. The number of carbonyl (C=O) groups is 2. The molecule has 0 spiro atoms. The Balaban J connectivity index is 2.27. The number of allylic oxidation sites excluding steroid dienone is 1. The highest BCUT2D eigenvalue weighted by atomic mass is 16.5. The minimum atomic E-state index is -0.487. The SMILES string of the molecule is CCCCCCCC/C=C/COC(=O)c1ccccc1C(=O)OCCCCCCCCCC. The van der Waals surface area contributed by atoms with Crippen LogP contribution >= 0.6 is 0 Å². The molecule has 4 heteroatoms. The van der Waals surface area contributed by atoms with Gasteiger partial charge in [-0.25, -0.2) is 9.59 Å². The second kappa shape index (κ2) is 20.5. The largest absolute Gasteiger partial charge is 0.462 e. The first-order valence-electron chi connectivity index (χ1n) is 13.3. The zero-order valence-corrected chi connectivity index (χ0v) is 21.1. The summed E-state index contributed by atoms with van der Waals surface area (Å²) in [4.78, 5) is 24.9. The molecule has 186 valence electrons. The topological polar surface area (TPSA) is 52.6 Å². The van der Waals surface area contributed by atoms with E-state index in [-0.39, 0.29) is 17.7 Å². The maximum absolute atomic E-state index is 12.5. The smallest absolute Gasteiger partial charge is 0.339 e. The van der Waals surface area contributed by atoms with Gasteiger partial charge in [0, 0.05) is 0 Å². The van der Waals surface area contributed by atoms with Crippen LogP contribution in [-0.4, -0.2) is 25.2 Å². The molecule has 0 aromatic heterocycles. The summed E-state index contributed by atoms with van der Waals surface area (Å²) >= 11 is 0. The van der Waals surface area contributed by atoms with E-state index in [2.05, 4.69) is 19.9 Å². The monoisotopic (exact) mass is 458 g/mol. The van der Waals surface area contributed by atoms with Crippen LogP contribution in [0, 0.1) is 0 Å². The molecule has 4 nitrogen and oxygen atoms in total. The average molecular weight is 459 g/mol. The van der Waals surface area contributed by atoms with Gasteiger partial charge in [0.05, 0.1) is 17.7 Å². The number of hydrogen-bond donors (Lipinski definition) is 0. The van der Waals surface area contributed by atoms with Crippen molar-refractivity contribution < 1.29 is 19.1 Å². The van der Waals surface area contributed by atoms with E-state index in [1.807, 2.05) is 6.08 Å². The van der Waals surface area contributed by atoms with Gasteiger partial charge in [0.15, 0.2) is 0 Å². The molecule has 0 radical (unpaired) electrons. The Morgan fingerprint density at radius 2 is 1.12 bits per heavy atom. The van der Waals surface area contributed by atoms with E-state index in [9.17, 15) is 9.59 Å². The van der Waals surface area contributed by atoms with Crippen molar-refractivity contribution in [1.82, 2.24) is 0 Å². The summed E-state index contributed by atoms with van der Waals surface area (Å²) in [6.45, 7) is 5.05. The molecular weight excluding hydrogens is 412 g/mol. The average Bonchev–Trinajstić information content (AvgIpc) is 2.84. The van der Waals surface area contributed by atoms with E-state index in [0.29, 0.717) is 6.61 Å². The van der Waals surface area contributed by atoms with Crippen LogP contribution in [0.1, 0.15) is 131 Å². The highest BCUT2D eigenvalue weighted by Gasteiger charge is 2.18. The number of hydrogen-bond acceptors (Lipinski definition) is 4. The minimum Gasteiger partial charge on any atom is -0.462 e. The van der Waals surface area contributed by atoms with Crippen molar-refractivity contribution in [1.29, 1.82) is 0 Å². The van der Waals surface area contributed by atoms with Gasteiger partial charge in [0.2, 0.25) is 0 Å². The quantitative estimate of drug-likeness (QED) is 0.112. The lowest BCUT2D eigenvalue weighted by atomic mass is 10.1.